The monoisotopic (exact) mass is 378 g/mol. The lowest BCUT2D eigenvalue weighted by molar-refractivity contribution is 0.896. The fraction of sp³-hybridized carbons (Fsp3) is 0.0455. The number of nitrogens with one attached hydrogen (secondary N) is 1. The maximum Gasteiger partial charge on any atom is 0.0940 e. The second-order valence-corrected chi connectivity index (χ2v) is 6.86. The molecular weight excluding hydrogens is 363 g/mol. The number of para-hydroxylation sites is 1. The molecule has 0 amide bonds. The molecule has 1 aromatic heterocycles. The number of benzene rings is 3. The summed E-state index contributed by atoms with van der Waals surface area (Å²) >= 11 is 12.2. The Labute approximate surface area is 162 Å². The molecule has 4 rings (SSSR count). The van der Waals surface area contributed by atoms with Gasteiger partial charge in [0.1, 0.15) is 0 Å². The number of rotatable bonds is 4. The second kappa shape index (κ2) is 7.36. The molecule has 0 aliphatic rings. The molecule has 4 heteroatoms. The summed E-state index contributed by atoms with van der Waals surface area (Å²) in [4.78, 5) is 4.87. The zero-order valence-electron chi connectivity index (χ0n) is 13.9. The minimum atomic E-state index is -0.0990. The summed E-state index contributed by atoms with van der Waals surface area (Å²) in [6.45, 7) is 0. The highest BCUT2D eigenvalue weighted by Crippen LogP contribution is 2.30. The van der Waals surface area contributed by atoms with E-state index in [-0.39, 0.29) is 6.04 Å². The summed E-state index contributed by atoms with van der Waals surface area (Å²) in [7, 11) is 0. The maximum atomic E-state index is 6.18. The molecule has 1 N–H and O–H groups in total. The van der Waals surface area contributed by atoms with Crippen molar-refractivity contribution in [2.45, 2.75) is 6.04 Å². The van der Waals surface area contributed by atoms with Gasteiger partial charge >= 0.3 is 0 Å². The summed E-state index contributed by atoms with van der Waals surface area (Å²) in [5.74, 6) is 0. The number of halogens is 2. The molecule has 0 saturated heterocycles. The Morgan fingerprint density at radius 1 is 0.731 bits per heavy atom. The van der Waals surface area contributed by atoms with Gasteiger partial charge in [0.15, 0.2) is 0 Å². The first-order valence-corrected chi connectivity index (χ1v) is 9.08. The second-order valence-electron chi connectivity index (χ2n) is 6.05. The van der Waals surface area contributed by atoms with Crippen molar-refractivity contribution in [2.24, 2.45) is 0 Å². The van der Waals surface area contributed by atoms with E-state index in [4.69, 9.17) is 28.2 Å². The summed E-state index contributed by atoms with van der Waals surface area (Å²) in [5.41, 5.74) is 3.94. The largest absolute Gasteiger partial charge is 0.373 e. The molecule has 1 unspecified atom stereocenters. The van der Waals surface area contributed by atoms with E-state index in [1.807, 2.05) is 48.5 Å². The van der Waals surface area contributed by atoms with Crippen LogP contribution in [0.15, 0.2) is 84.9 Å². The van der Waals surface area contributed by atoms with Crippen molar-refractivity contribution in [2.75, 3.05) is 5.32 Å². The van der Waals surface area contributed by atoms with Crippen molar-refractivity contribution in [1.82, 2.24) is 4.98 Å². The first-order chi connectivity index (χ1) is 12.7. The first-order valence-electron chi connectivity index (χ1n) is 8.33. The topological polar surface area (TPSA) is 24.9 Å². The summed E-state index contributed by atoms with van der Waals surface area (Å²) in [6.07, 6.45) is 0. The van der Waals surface area contributed by atoms with E-state index in [0.29, 0.717) is 10.0 Å². The molecule has 0 fully saturated rings. The van der Waals surface area contributed by atoms with Gasteiger partial charge in [0.05, 0.1) is 27.3 Å². The molecule has 2 nitrogen and oxygen atoms in total. The molecule has 0 saturated carbocycles. The van der Waals surface area contributed by atoms with E-state index in [1.54, 1.807) is 6.07 Å². The molecule has 0 radical (unpaired) electrons. The number of fused-ring (bicyclic) bond motifs is 1. The van der Waals surface area contributed by atoms with Crippen LogP contribution < -0.4 is 5.32 Å². The number of anilines is 1. The van der Waals surface area contributed by atoms with E-state index >= 15 is 0 Å². The third kappa shape index (κ3) is 3.52. The van der Waals surface area contributed by atoms with Gasteiger partial charge in [-0.05, 0) is 35.9 Å². The molecule has 26 heavy (non-hydrogen) atoms. The van der Waals surface area contributed by atoms with Gasteiger partial charge in [0.25, 0.3) is 0 Å². The van der Waals surface area contributed by atoms with Crippen LogP contribution in [-0.4, -0.2) is 4.98 Å². The van der Waals surface area contributed by atoms with Crippen molar-refractivity contribution < 1.29 is 0 Å². The number of hydrogen-bond acceptors (Lipinski definition) is 2. The Hall–Kier alpha value is -2.55. The van der Waals surface area contributed by atoms with E-state index in [2.05, 4.69) is 35.6 Å². The number of nitrogens with zero attached hydrogens (tertiary/aromatic N) is 1. The van der Waals surface area contributed by atoms with Crippen LogP contribution in [0.25, 0.3) is 10.9 Å². The molecule has 1 heterocycles. The molecule has 1 atom stereocenters. The summed E-state index contributed by atoms with van der Waals surface area (Å²) < 4.78 is 0. The van der Waals surface area contributed by atoms with E-state index in [9.17, 15) is 0 Å². The van der Waals surface area contributed by atoms with E-state index in [1.165, 1.54) is 0 Å². The highest BCUT2D eigenvalue weighted by molar-refractivity contribution is 6.42. The van der Waals surface area contributed by atoms with Crippen molar-refractivity contribution in [3.63, 3.8) is 0 Å². The van der Waals surface area contributed by atoms with Crippen molar-refractivity contribution in [3.05, 3.63) is 106 Å². The minimum absolute atomic E-state index is 0.0990. The van der Waals surface area contributed by atoms with Crippen molar-refractivity contribution >= 4 is 39.8 Å². The minimum Gasteiger partial charge on any atom is -0.373 e. The molecule has 128 valence electrons. The smallest absolute Gasteiger partial charge is 0.0940 e. The van der Waals surface area contributed by atoms with Gasteiger partial charge in [0.2, 0.25) is 0 Å². The Bertz CT molecular complexity index is 1050. The molecule has 0 bridgehead atoms. The molecule has 0 aliphatic carbocycles. The third-order valence-corrected chi connectivity index (χ3v) is 5.02. The normalized spacial score (nSPS) is 12.1. The maximum absolute atomic E-state index is 6.18. The van der Waals surface area contributed by atoms with E-state index < -0.39 is 0 Å². The Morgan fingerprint density at radius 3 is 2.31 bits per heavy atom. The third-order valence-electron chi connectivity index (χ3n) is 4.28. The zero-order chi connectivity index (χ0) is 17.9. The number of hydrogen-bond donors (Lipinski definition) is 1. The molecule has 0 spiro atoms. The lowest BCUT2D eigenvalue weighted by atomic mass is 10.0. The molecule has 3 aromatic carbocycles. The van der Waals surface area contributed by atoms with Gasteiger partial charge in [-0.15, -0.1) is 0 Å². The Kier molecular flexibility index (Phi) is 4.79. The van der Waals surface area contributed by atoms with Crippen LogP contribution in [0, 0.1) is 0 Å². The van der Waals surface area contributed by atoms with Gasteiger partial charge in [0, 0.05) is 11.1 Å². The van der Waals surface area contributed by atoms with Crippen LogP contribution in [-0.2, 0) is 0 Å². The lowest BCUT2D eigenvalue weighted by Gasteiger charge is -2.21. The Balaban J connectivity index is 1.78. The van der Waals surface area contributed by atoms with Crippen molar-refractivity contribution in [3.8, 4) is 0 Å². The van der Waals surface area contributed by atoms with Crippen molar-refractivity contribution in [1.29, 1.82) is 0 Å². The van der Waals surface area contributed by atoms with Gasteiger partial charge in [-0.1, -0.05) is 77.8 Å². The van der Waals surface area contributed by atoms with Gasteiger partial charge < -0.3 is 5.32 Å². The van der Waals surface area contributed by atoms with Gasteiger partial charge in [-0.2, -0.15) is 0 Å². The Morgan fingerprint density at radius 2 is 1.50 bits per heavy atom. The highest BCUT2D eigenvalue weighted by atomic mass is 35.5. The number of pyridine rings is 1. The highest BCUT2D eigenvalue weighted by Gasteiger charge is 2.16. The van der Waals surface area contributed by atoms with Crippen LogP contribution in [0.4, 0.5) is 5.69 Å². The van der Waals surface area contributed by atoms with Crippen LogP contribution in [0.2, 0.25) is 10.0 Å². The summed E-state index contributed by atoms with van der Waals surface area (Å²) in [5, 5.41) is 5.72. The van der Waals surface area contributed by atoms with Gasteiger partial charge in [-0.25, -0.2) is 0 Å². The zero-order valence-corrected chi connectivity index (χ0v) is 15.4. The van der Waals surface area contributed by atoms with E-state index in [0.717, 1.165) is 27.8 Å². The van der Waals surface area contributed by atoms with Crippen LogP contribution in [0.3, 0.4) is 0 Å². The predicted molar refractivity (Wildman–Crippen MR) is 110 cm³/mol. The molecular formula is C22H16Cl2N2. The quantitative estimate of drug-likeness (QED) is 0.425. The molecule has 4 aromatic rings. The molecule has 0 aliphatic heterocycles. The SMILES string of the molecule is Clc1ccc(NC(c2ccccc2)c2ccc3ccccc3n2)cc1Cl. The lowest BCUT2D eigenvalue weighted by Crippen LogP contribution is -2.14. The number of aromatic nitrogens is 1. The van der Waals surface area contributed by atoms with Crippen LogP contribution in [0.5, 0.6) is 0 Å². The van der Waals surface area contributed by atoms with Crippen LogP contribution >= 0.6 is 23.2 Å². The fourth-order valence-corrected chi connectivity index (χ4v) is 3.27. The predicted octanol–water partition coefficient (Wildman–Crippen LogP) is 6.74. The summed E-state index contributed by atoms with van der Waals surface area (Å²) in [6, 6.07) is 28.0. The van der Waals surface area contributed by atoms with Gasteiger partial charge in [-0.3, -0.25) is 4.98 Å². The average molecular weight is 379 g/mol. The van der Waals surface area contributed by atoms with Crippen LogP contribution in [0.1, 0.15) is 17.3 Å². The first kappa shape index (κ1) is 16.9. The fourth-order valence-electron chi connectivity index (χ4n) is 2.97. The average Bonchev–Trinajstić information content (AvgIpc) is 2.69. The standard InChI is InChI=1S/C22H16Cl2N2/c23-18-12-11-17(14-19(18)24)25-22(16-7-2-1-3-8-16)21-13-10-15-6-4-5-9-20(15)26-21/h1-14,22,25H.